The molecule has 0 spiro atoms. The van der Waals surface area contributed by atoms with Crippen LogP contribution in [0.1, 0.15) is 9.67 Å². The summed E-state index contributed by atoms with van der Waals surface area (Å²) in [5, 5.41) is 11.9. The molecule has 6 nitrogen and oxygen atoms in total. The van der Waals surface area contributed by atoms with E-state index in [0.29, 0.717) is 20.4 Å². The minimum Gasteiger partial charge on any atom is -0.465 e. The maximum Gasteiger partial charge on any atom is 0.351 e. The molecule has 0 bridgehead atoms. The molecule has 0 fully saturated rings. The van der Waals surface area contributed by atoms with E-state index in [1.807, 2.05) is 0 Å². The molecule has 20 heavy (non-hydrogen) atoms. The van der Waals surface area contributed by atoms with E-state index in [0.717, 1.165) is 11.3 Å². The minimum atomic E-state index is -0.495. The Bertz CT molecular complexity index is 628. The SMILES string of the molecule is C=CCNc1nnc(Sc2nc(Cl)c(C(=O)OC)s2)s1. The third-order valence-electron chi connectivity index (χ3n) is 1.92. The van der Waals surface area contributed by atoms with Crippen molar-refractivity contribution in [2.75, 3.05) is 19.0 Å². The molecular formula is C10H9ClN4O2S3. The number of hydrogen-bond acceptors (Lipinski definition) is 9. The highest BCUT2D eigenvalue weighted by atomic mass is 35.5. The maximum absolute atomic E-state index is 11.4. The number of nitrogens with zero attached hydrogens (tertiary/aromatic N) is 3. The zero-order valence-electron chi connectivity index (χ0n) is 10.3. The fourth-order valence-electron chi connectivity index (χ4n) is 1.10. The quantitative estimate of drug-likeness (QED) is 0.634. The molecular weight excluding hydrogens is 340 g/mol. The van der Waals surface area contributed by atoms with Gasteiger partial charge in [-0.3, -0.25) is 0 Å². The molecule has 0 aliphatic heterocycles. The maximum atomic E-state index is 11.4. The number of carbonyl (C=O) groups excluding carboxylic acids is 1. The highest BCUT2D eigenvalue weighted by molar-refractivity contribution is 8.02. The van der Waals surface area contributed by atoms with Gasteiger partial charge in [0.15, 0.2) is 18.7 Å². The van der Waals surface area contributed by atoms with Crippen LogP contribution in [0.25, 0.3) is 0 Å². The van der Waals surface area contributed by atoms with Crippen LogP contribution < -0.4 is 5.32 Å². The molecule has 1 N–H and O–H groups in total. The topological polar surface area (TPSA) is 77.0 Å². The summed E-state index contributed by atoms with van der Waals surface area (Å²) >= 11 is 9.73. The Balaban J connectivity index is 2.08. The van der Waals surface area contributed by atoms with Crippen LogP contribution in [0.3, 0.4) is 0 Å². The van der Waals surface area contributed by atoms with E-state index < -0.39 is 5.97 Å². The molecule has 2 aromatic rings. The number of methoxy groups -OCH3 is 1. The molecule has 0 unspecified atom stereocenters. The second-order valence-corrected chi connectivity index (χ2v) is 7.07. The largest absolute Gasteiger partial charge is 0.465 e. The Kier molecular flexibility index (Phi) is 5.35. The molecule has 0 atom stereocenters. The smallest absolute Gasteiger partial charge is 0.351 e. The van der Waals surface area contributed by atoms with E-state index in [-0.39, 0.29) is 10.0 Å². The normalized spacial score (nSPS) is 10.3. The number of esters is 1. The third kappa shape index (κ3) is 3.69. The standard InChI is InChI=1S/C10H9ClN4O2S3/c1-3-4-12-8-14-15-10(19-8)20-9-13-6(11)5(18-9)7(16)17-2/h3H,1,4H2,2H3,(H,12,14). The van der Waals surface area contributed by atoms with Gasteiger partial charge in [0.1, 0.15) is 0 Å². The summed E-state index contributed by atoms with van der Waals surface area (Å²) in [6, 6.07) is 0. The second kappa shape index (κ2) is 7.02. The van der Waals surface area contributed by atoms with Gasteiger partial charge in [0.2, 0.25) is 5.13 Å². The van der Waals surface area contributed by atoms with Crippen molar-refractivity contribution in [3.63, 3.8) is 0 Å². The summed E-state index contributed by atoms with van der Waals surface area (Å²) in [6.07, 6.45) is 1.73. The van der Waals surface area contributed by atoms with Crippen LogP contribution >= 0.6 is 46.0 Å². The van der Waals surface area contributed by atoms with E-state index in [9.17, 15) is 4.79 Å². The number of hydrogen-bond donors (Lipinski definition) is 1. The van der Waals surface area contributed by atoms with Gasteiger partial charge in [-0.1, -0.05) is 40.4 Å². The molecule has 0 aliphatic carbocycles. The monoisotopic (exact) mass is 348 g/mol. The minimum absolute atomic E-state index is 0.138. The molecule has 10 heteroatoms. The Hall–Kier alpha value is -1.16. The van der Waals surface area contributed by atoms with Gasteiger partial charge in [-0.2, -0.15) is 0 Å². The van der Waals surface area contributed by atoms with Crippen LogP contribution in [-0.4, -0.2) is 34.8 Å². The first-order valence-electron chi connectivity index (χ1n) is 5.24. The first-order chi connectivity index (χ1) is 9.63. The lowest BCUT2D eigenvalue weighted by atomic mass is 10.6. The average Bonchev–Trinajstić information content (AvgIpc) is 3.03. The van der Waals surface area contributed by atoms with Crippen molar-refractivity contribution < 1.29 is 9.53 Å². The van der Waals surface area contributed by atoms with E-state index >= 15 is 0 Å². The molecule has 2 rings (SSSR count). The second-order valence-electron chi connectivity index (χ2n) is 3.24. The summed E-state index contributed by atoms with van der Waals surface area (Å²) in [5.74, 6) is -0.495. The molecule has 0 amide bonds. The van der Waals surface area contributed by atoms with Crippen LogP contribution in [0.15, 0.2) is 21.3 Å². The number of aromatic nitrogens is 3. The van der Waals surface area contributed by atoms with Crippen molar-refractivity contribution >= 4 is 57.1 Å². The van der Waals surface area contributed by atoms with E-state index in [4.69, 9.17) is 11.6 Å². The van der Waals surface area contributed by atoms with Gasteiger partial charge >= 0.3 is 5.97 Å². The highest BCUT2D eigenvalue weighted by Gasteiger charge is 2.18. The first kappa shape index (κ1) is 15.2. The Morgan fingerprint density at radius 3 is 3.00 bits per heavy atom. The summed E-state index contributed by atoms with van der Waals surface area (Å²) in [5.41, 5.74) is 0. The number of thiazole rings is 1. The van der Waals surface area contributed by atoms with Gasteiger partial charge in [-0.15, -0.1) is 16.8 Å². The molecule has 0 aliphatic rings. The first-order valence-corrected chi connectivity index (χ1v) is 8.07. The predicted octanol–water partition coefficient (Wildman–Crippen LogP) is 3.18. The number of carbonyl (C=O) groups is 1. The lowest BCUT2D eigenvalue weighted by Crippen LogP contribution is -1.98. The van der Waals surface area contributed by atoms with Crippen molar-refractivity contribution in [2.45, 2.75) is 8.68 Å². The number of anilines is 1. The van der Waals surface area contributed by atoms with Gasteiger partial charge < -0.3 is 10.1 Å². The molecule has 0 aromatic carbocycles. The number of halogens is 1. The third-order valence-corrected chi connectivity index (χ3v) is 5.33. The van der Waals surface area contributed by atoms with Gasteiger partial charge in [0, 0.05) is 6.54 Å². The van der Waals surface area contributed by atoms with Crippen molar-refractivity contribution in [2.24, 2.45) is 0 Å². The lowest BCUT2D eigenvalue weighted by Gasteiger charge is -1.92. The average molecular weight is 349 g/mol. The van der Waals surface area contributed by atoms with E-state index in [1.54, 1.807) is 6.08 Å². The van der Waals surface area contributed by atoms with Crippen LogP contribution in [-0.2, 0) is 4.74 Å². The summed E-state index contributed by atoms with van der Waals surface area (Å²) in [4.78, 5) is 15.8. The predicted molar refractivity (Wildman–Crippen MR) is 81.2 cm³/mol. The van der Waals surface area contributed by atoms with Gasteiger partial charge in [0.05, 0.1) is 7.11 Å². The molecule has 106 valence electrons. The fourth-order valence-corrected chi connectivity index (χ4v) is 4.39. The van der Waals surface area contributed by atoms with Crippen LogP contribution in [0, 0.1) is 0 Å². The van der Waals surface area contributed by atoms with Crippen molar-refractivity contribution in [3.05, 3.63) is 22.7 Å². The van der Waals surface area contributed by atoms with Gasteiger partial charge in [0.25, 0.3) is 0 Å². The lowest BCUT2D eigenvalue weighted by molar-refractivity contribution is 0.0606. The van der Waals surface area contributed by atoms with E-state index in [2.05, 4.69) is 31.8 Å². The Morgan fingerprint density at radius 1 is 1.50 bits per heavy atom. The number of rotatable bonds is 6. The van der Waals surface area contributed by atoms with Crippen LogP contribution in [0.5, 0.6) is 0 Å². The van der Waals surface area contributed by atoms with Gasteiger partial charge in [-0.25, -0.2) is 9.78 Å². The van der Waals surface area contributed by atoms with E-state index in [1.165, 1.54) is 30.2 Å². The molecule has 2 heterocycles. The van der Waals surface area contributed by atoms with Crippen molar-refractivity contribution in [3.8, 4) is 0 Å². The number of ether oxygens (including phenoxy) is 1. The summed E-state index contributed by atoms with van der Waals surface area (Å²) in [6.45, 7) is 4.23. The fraction of sp³-hybridized carbons (Fsp3) is 0.200. The van der Waals surface area contributed by atoms with Crippen LogP contribution in [0.2, 0.25) is 5.15 Å². The summed E-state index contributed by atoms with van der Waals surface area (Å²) < 4.78 is 5.94. The molecule has 0 radical (unpaired) electrons. The Morgan fingerprint density at radius 2 is 2.30 bits per heavy atom. The zero-order valence-corrected chi connectivity index (χ0v) is 13.5. The van der Waals surface area contributed by atoms with Crippen molar-refractivity contribution in [1.29, 1.82) is 0 Å². The van der Waals surface area contributed by atoms with Crippen molar-refractivity contribution in [1.82, 2.24) is 15.2 Å². The molecule has 0 saturated heterocycles. The zero-order chi connectivity index (χ0) is 14.5. The van der Waals surface area contributed by atoms with Gasteiger partial charge in [-0.05, 0) is 11.8 Å². The van der Waals surface area contributed by atoms with Crippen LogP contribution in [0.4, 0.5) is 5.13 Å². The summed E-state index contributed by atoms with van der Waals surface area (Å²) in [7, 11) is 1.30. The highest BCUT2D eigenvalue weighted by Crippen LogP contribution is 2.37. The molecule has 0 saturated carbocycles. The Labute approximate surface area is 132 Å². The molecule has 2 aromatic heterocycles. The number of nitrogens with one attached hydrogen (secondary N) is 1.